The summed E-state index contributed by atoms with van der Waals surface area (Å²) in [6.45, 7) is 5.96. The minimum absolute atomic E-state index is 0. The van der Waals surface area contributed by atoms with E-state index in [0.29, 0.717) is 6.54 Å². The molecule has 0 aromatic rings. The van der Waals surface area contributed by atoms with Crippen LogP contribution in [0.15, 0.2) is 0 Å². The Hall–Kier alpha value is 0.280. The molecule has 2 aliphatic rings. The van der Waals surface area contributed by atoms with Crippen LogP contribution in [0, 0.1) is 0 Å². The average molecular weight is 346 g/mol. The lowest BCUT2D eigenvalue weighted by atomic mass is 9.95. The first-order valence-corrected chi connectivity index (χ1v) is 7.73. The van der Waals surface area contributed by atoms with Crippen molar-refractivity contribution in [2.24, 2.45) is 5.73 Å². The standard InChI is InChI=1S/C12H23N3O2S.2ClH/c1-10(13)11(16)14-8-12(2-7-18-9-12)15-3-5-17-6-4-15;;/h10H,2-9,13H2,1H3,(H,14,16);2*1H/t10-,12?;;/m1../s1. The summed E-state index contributed by atoms with van der Waals surface area (Å²) in [6.07, 6.45) is 1.14. The fourth-order valence-electron chi connectivity index (χ4n) is 2.55. The van der Waals surface area contributed by atoms with Gasteiger partial charge < -0.3 is 15.8 Å². The molecule has 2 heterocycles. The SMILES string of the molecule is C[C@@H](N)C(=O)NCC1(N2CCOCC2)CCSC1.Cl.Cl. The van der Waals surface area contributed by atoms with Crippen molar-refractivity contribution in [1.29, 1.82) is 0 Å². The van der Waals surface area contributed by atoms with Crippen molar-refractivity contribution in [3.05, 3.63) is 0 Å². The molecule has 0 saturated carbocycles. The Balaban J connectivity index is 0.00000180. The second-order valence-electron chi connectivity index (χ2n) is 5.13. The molecule has 0 spiro atoms. The van der Waals surface area contributed by atoms with Crippen LogP contribution in [0.4, 0.5) is 0 Å². The van der Waals surface area contributed by atoms with Gasteiger partial charge in [-0.3, -0.25) is 9.69 Å². The zero-order valence-corrected chi connectivity index (χ0v) is 14.2. The summed E-state index contributed by atoms with van der Waals surface area (Å²) < 4.78 is 5.41. The monoisotopic (exact) mass is 345 g/mol. The molecule has 2 saturated heterocycles. The average Bonchev–Trinajstić information content (AvgIpc) is 2.87. The first-order chi connectivity index (χ1) is 8.64. The number of thioether (sulfide) groups is 1. The second kappa shape index (κ2) is 9.33. The molecule has 8 heteroatoms. The highest BCUT2D eigenvalue weighted by Gasteiger charge is 2.40. The largest absolute Gasteiger partial charge is 0.379 e. The van der Waals surface area contributed by atoms with Crippen LogP contribution in [-0.2, 0) is 9.53 Å². The van der Waals surface area contributed by atoms with Gasteiger partial charge in [-0.1, -0.05) is 0 Å². The fourth-order valence-corrected chi connectivity index (χ4v) is 4.02. The molecule has 3 N–H and O–H groups in total. The van der Waals surface area contributed by atoms with Crippen molar-refractivity contribution < 1.29 is 9.53 Å². The molecule has 5 nitrogen and oxygen atoms in total. The Bertz CT molecular complexity index is 296. The number of ether oxygens (including phenoxy) is 1. The number of carbonyl (C=O) groups is 1. The molecule has 0 aromatic heterocycles. The van der Waals surface area contributed by atoms with Crippen molar-refractivity contribution in [3.63, 3.8) is 0 Å². The molecule has 2 rings (SSSR count). The predicted octanol–water partition coefficient (Wildman–Crippen LogP) is 0.501. The third kappa shape index (κ3) is 4.93. The summed E-state index contributed by atoms with van der Waals surface area (Å²) in [7, 11) is 0. The van der Waals surface area contributed by atoms with Gasteiger partial charge >= 0.3 is 0 Å². The van der Waals surface area contributed by atoms with Gasteiger partial charge in [-0.15, -0.1) is 24.8 Å². The zero-order valence-electron chi connectivity index (χ0n) is 11.8. The van der Waals surface area contributed by atoms with Gasteiger partial charge in [-0.05, 0) is 19.1 Å². The van der Waals surface area contributed by atoms with E-state index in [1.54, 1.807) is 6.92 Å². The van der Waals surface area contributed by atoms with Crippen LogP contribution >= 0.6 is 36.6 Å². The first kappa shape index (κ1) is 20.3. The highest BCUT2D eigenvalue weighted by atomic mass is 35.5. The summed E-state index contributed by atoms with van der Waals surface area (Å²) in [6, 6.07) is -0.430. The van der Waals surface area contributed by atoms with Crippen molar-refractivity contribution in [1.82, 2.24) is 10.2 Å². The quantitative estimate of drug-likeness (QED) is 0.776. The van der Waals surface area contributed by atoms with Crippen molar-refractivity contribution in [3.8, 4) is 0 Å². The molecule has 20 heavy (non-hydrogen) atoms. The van der Waals surface area contributed by atoms with E-state index in [0.717, 1.165) is 38.5 Å². The molecule has 0 bridgehead atoms. The van der Waals surface area contributed by atoms with Gasteiger partial charge in [0.2, 0.25) is 5.91 Å². The predicted molar refractivity (Wildman–Crippen MR) is 88.2 cm³/mol. The van der Waals surface area contributed by atoms with Gasteiger partial charge in [0.15, 0.2) is 0 Å². The van der Waals surface area contributed by atoms with E-state index in [2.05, 4.69) is 10.2 Å². The topological polar surface area (TPSA) is 67.6 Å². The third-order valence-corrected chi connectivity index (χ3v) is 5.00. The normalized spacial score (nSPS) is 28.1. The van der Waals surface area contributed by atoms with Gasteiger partial charge in [-0.25, -0.2) is 0 Å². The van der Waals surface area contributed by atoms with Crippen LogP contribution < -0.4 is 11.1 Å². The number of hydrogen-bond donors (Lipinski definition) is 2. The van der Waals surface area contributed by atoms with E-state index in [1.807, 2.05) is 11.8 Å². The van der Waals surface area contributed by atoms with Crippen LogP contribution in [0.2, 0.25) is 0 Å². The molecular formula is C12H25Cl2N3O2S. The van der Waals surface area contributed by atoms with E-state index < -0.39 is 6.04 Å². The molecule has 0 radical (unpaired) electrons. The van der Waals surface area contributed by atoms with E-state index >= 15 is 0 Å². The van der Waals surface area contributed by atoms with Crippen molar-refractivity contribution in [2.45, 2.75) is 24.9 Å². The van der Waals surface area contributed by atoms with Gasteiger partial charge in [0.1, 0.15) is 0 Å². The molecule has 0 aromatic carbocycles. The Morgan fingerprint density at radius 1 is 1.45 bits per heavy atom. The summed E-state index contributed by atoms with van der Waals surface area (Å²) in [5.41, 5.74) is 5.70. The van der Waals surface area contributed by atoms with E-state index in [-0.39, 0.29) is 36.3 Å². The number of carbonyl (C=O) groups excluding carboxylic acids is 1. The lowest BCUT2D eigenvalue weighted by Gasteiger charge is -2.43. The van der Waals surface area contributed by atoms with E-state index in [1.165, 1.54) is 5.75 Å². The molecule has 2 aliphatic heterocycles. The van der Waals surface area contributed by atoms with Crippen LogP contribution in [0.1, 0.15) is 13.3 Å². The molecule has 2 fully saturated rings. The Morgan fingerprint density at radius 3 is 2.60 bits per heavy atom. The highest BCUT2D eigenvalue weighted by molar-refractivity contribution is 7.99. The van der Waals surface area contributed by atoms with E-state index in [4.69, 9.17) is 10.5 Å². The smallest absolute Gasteiger partial charge is 0.236 e. The van der Waals surface area contributed by atoms with Gasteiger partial charge in [0.05, 0.1) is 19.3 Å². The number of morpholine rings is 1. The van der Waals surface area contributed by atoms with Gasteiger partial charge in [-0.2, -0.15) is 11.8 Å². The van der Waals surface area contributed by atoms with Crippen molar-refractivity contribution in [2.75, 3.05) is 44.4 Å². The Morgan fingerprint density at radius 2 is 2.10 bits per heavy atom. The van der Waals surface area contributed by atoms with Crippen LogP contribution in [0.5, 0.6) is 0 Å². The molecule has 1 amide bonds. The molecule has 2 atom stereocenters. The number of halogens is 2. The number of nitrogens with zero attached hydrogens (tertiary/aromatic N) is 1. The highest BCUT2D eigenvalue weighted by Crippen LogP contribution is 2.33. The lowest BCUT2D eigenvalue weighted by molar-refractivity contribution is -0.122. The Kier molecular flexibility index (Phi) is 9.46. The maximum absolute atomic E-state index is 11.6. The molecule has 1 unspecified atom stereocenters. The minimum atomic E-state index is -0.430. The summed E-state index contributed by atoms with van der Waals surface area (Å²) >= 11 is 1.97. The van der Waals surface area contributed by atoms with E-state index in [9.17, 15) is 4.79 Å². The maximum atomic E-state index is 11.6. The molecular weight excluding hydrogens is 321 g/mol. The lowest BCUT2D eigenvalue weighted by Crippen LogP contribution is -2.60. The number of rotatable bonds is 4. The number of nitrogens with two attached hydrogens (primary N) is 1. The molecule has 0 aliphatic carbocycles. The van der Waals surface area contributed by atoms with Gasteiger partial charge in [0, 0.05) is 30.9 Å². The maximum Gasteiger partial charge on any atom is 0.236 e. The summed E-state index contributed by atoms with van der Waals surface area (Å²) in [5.74, 6) is 2.21. The minimum Gasteiger partial charge on any atom is -0.379 e. The van der Waals surface area contributed by atoms with Crippen LogP contribution in [0.3, 0.4) is 0 Å². The number of nitrogens with one attached hydrogen (secondary N) is 1. The molecule has 120 valence electrons. The third-order valence-electron chi connectivity index (χ3n) is 3.77. The fraction of sp³-hybridized carbons (Fsp3) is 0.917. The van der Waals surface area contributed by atoms with Gasteiger partial charge in [0.25, 0.3) is 0 Å². The number of hydrogen-bond acceptors (Lipinski definition) is 5. The van der Waals surface area contributed by atoms with Crippen LogP contribution in [0.25, 0.3) is 0 Å². The Labute approximate surface area is 137 Å². The summed E-state index contributed by atoms with van der Waals surface area (Å²) in [5, 5.41) is 3.00. The summed E-state index contributed by atoms with van der Waals surface area (Å²) in [4.78, 5) is 14.1. The second-order valence-corrected chi connectivity index (χ2v) is 6.24. The first-order valence-electron chi connectivity index (χ1n) is 6.58. The van der Waals surface area contributed by atoms with Crippen molar-refractivity contribution >= 4 is 42.5 Å². The van der Waals surface area contributed by atoms with Crippen LogP contribution in [-0.4, -0.2) is 66.7 Å². The number of amides is 1. The zero-order chi connectivity index (χ0) is 13.0.